The standard InChI is InChI=1S/C10H14N2O2/c11-6-8-1-3-12-10(5-8)14-9-2-4-13-7-9/h1,3,5,9H,2,4,6-7,11H2/t9-/m1/s1. The van der Waals surface area contributed by atoms with Gasteiger partial charge in [0.25, 0.3) is 0 Å². The van der Waals surface area contributed by atoms with E-state index in [0.29, 0.717) is 19.0 Å². The van der Waals surface area contributed by atoms with Crippen molar-refractivity contribution in [1.82, 2.24) is 4.98 Å². The molecule has 0 bridgehead atoms. The van der Waals surface area contributed by atoms with Gasteiger partial charge < -0.3 is 15.2 Å². The number of aromatic nitrogens is 1. The van der Waals surface area contributed by atoms with Crippen LogP contribution in [0.25, 0.3) is 0 Å². The maximum atomic E-state index is 5.63. The van der Waals surface area contributed by atoms with E-state index in [4.69, 9.17) is 15.2 Å². The van der Waals surface area contributed by atoms with Gasteiger partial charge in [0.1, 0.15) is 6.10 Å². The SMILES string of the molecule is NCc1ccnc(O[C@@H]2CCOC2)c1. The number of pyridine rings is 1. The molecule has 4 heteroatoms. The molecule has 2 heterocycles. The minimum absolute atomic E-state index is 0.149. The van der Waals surface area contributed by atoms with E-state index >= 15 is 0 Å². The molecule has 4 nitrogen and oxygen atoms in total. The molecule has 0 unspecified atom stereocenters. The number of hydrogen-bond acceptors (Lipinski definition) is 4. The summed E-state index contributed by atoms with van der Waals surface area (Å²) >= 11 is 0. The lowest BCUT2D eigenvalue weighted by atomic mass is 10.2. The Balaban J connectivity index is 2.00. The normalized spacial score (nSPS) is 21.1. The molecular formula is C10H14N2O2. The van der Waals surface area contributed by atoms with E-state index < -0.39 is 0 Å². The van der Waals surface area contributed by atoms with E-state index in [1.54, 1.807) is 6.20 Å². The van der Waals surface area contributed by atoms with Crippen LogP contribution in [0, 0.1) is 0 Å². The molecule has 1 aromatic heterocycles. The molecule has 0 aromatic carbocycles. The van der Waals surface area contributed by atoms with Gasteiger partial charge in [0.05, 0.1) is 13.2 Å². The van der Waals surface area contributed by atoms with Crippen molar-refractivity contribution in [1.29, 1.82) is 0 Å². The van der Waals surface area contributed by atoms with Crippen LogP contribution >= 0.6 is 0 Å². The lowest BCUT2D eigenvalue weighted by Gasteiger charge is -2.10. The number of hydrogen-bond donors (Lipinski definition) is 1. The first kappa shape index (κ1) is 9.43. The molecule has 1 aliphatic heterocycles. The van der Waals surface area contributed by atoms with Gasteiger partial charge in [-0.3, -0.25) is 0 Å². The predicted molar refractivity (Wildman–Crippen MR) is 52.0 cm³/mol. The van der Waals surface area contributed by atoms with Gasteiger partial charge in [0, 0.05) is 25.2 Å². The average Bonchev–Trinajstić information content (AvgIpc) is 2.71. The molecule has 2 N–H and O–H groups in total. The molecule has 0 saturated carbocycles. The summed E-state index contributed by atoms with van der Waals surface area (Å²) in [4.78, 5) is 4.12. The van der Waals surface area contributed by atoms with Crippen molar-refractivity contribution >= 4 is 0 Å². The summed E-state index contributed by atoms with van der Waals surface area (Å²) in [7, 11) is 0. The molecule has 0 aliphatic carbocycles. The smallest absolute Gasteiger partial charge is 0.213 e. The largest absolute Gasteiger partial charge is 0.472 e. The van der Waals surface area contributed by atoms with Crippen molar-refractivity contribution in [3.63, 3.8) is 0 Å². The van der Waals surface area contributed by atoms with Gasteiger partial charge in [-0.25, -0.2) is 4.98 Å². The van der Waals surface area contributed by atoms with Crippen molar-refractivity contribution in [2.24, 2.45) is 5.73 Å². The molecule has 0 amide bonds. The highest BCUT2D eigenvalue weighted by atomic mass is 16.5. The topological polar surface area (TPSA) is 57.4 Å². The summed E-state index contributed by atoms with van der Waals surface area (Å²) in [5.41, 5.74) is 6.55. The lowest BCUT2D eigenvalue weighted by Crippen LogP contribution is -2.16. The Hall–Kier alpha value is -1.13. The highest BCUT2D eigenvalue weighted by Gasteiger charge is 2.17. The quantitative estimate of drug-likeness (QED) is 0.769. The van der Waals surface area contributed by atoms with Crippen LogP contribution in [0.4, 0.5) is 0 Å². The van der Waals surface area contributed by atoms with Gasteiger partial charge in [-0.15, -0.1) is 0 Å². The minimum Gasteiger partial charge on any atom is -0.472 e. The third-order valence-electron chi connectivity index (χ3n) is 2.21. The Morgan fingerprint density at radius 3 is 3.29 bits per heavy atom. The summed E-state index contributed by atoms with van der Waals surface area (Å²) < 4.78 is 10.8. The molecule has 1 fully saturated rings. The van der Waals surface area contributed by atoms with Crippen molar-refractivity contribution in [3.05, 3.63) is 23.9 Å². The Kier molecular flexibility index (Phi) is 2.96. The minimum atomic E-state index is 0.149. The fourth-order valence-corrected chi connectivity index (χ4v) is 1.42. The van der Waals surface area contributed by atoms with E-state index in [1.807, 2.05) is 12.1 Å². The van der Waals surface area contributed by atoms with Crippen molar-refractivity contribution < 1.29 is 9.47 Å². The maximum absolute atomic E-state index is 5.63. The van der Waals surface area contributed by atoms with Crippen LogP contribution in [-0.2, 0) is 11.3 Å². The summed E-state index contributed by atoms with van der Waals surface area (Å²) in [6, 6.07) is 3.76. The summed E-state index contributed by atoms with van der Waals surface area (Å²) in [6.07, 6.45) is 2.80. The first-order valence-electron chi connectivity index (χ1n) is 4.78. The van der Waals surface area contributed by atoms with Crippen LogP contribution in [0.2, 0.25) is 0 Å². The maximum Gasteiger partial charge on any atom is 0.213 e. The summed E-state index contributed by atoms with van der Waals surface area (Å²) in [5, 5.41) is 0. The van der Waals surface area contributed by atoms with Crippen molar-refractivity contribution in [3.8, 4) is 5.88 Å². The zero-order valence-corrected chi connectivity index (χ0v) is 7.98. The molecule has 0 radical (unpaired) electrons. The number of nitrogens with zero attached hydrogens (tertiary/aromatic N) is 1. The second-order valence-corrected chi connectivity index (χ2v) is 3.31. The highest BCUT2D eigenvalue weighted by molar-refractivity contribution is 5.20. The Bertz CT molecular complexity index is 298. The van der Waals surface area contributed by atoms with Crippen LogP contribution in [0.3, 0.4) is 0 Å². The molecule has 1 atom stereocenters. The molecule has 2 rings (SSSR count). The monoisotopic (exact) mass is 194 g/mol. The van der Waals surface area contributed by atoms with Gasteiger partial charge in [-0.1, -0.05) is 0 Å². The zero-order chi connectivity index (χ0) is 9.80. The first-order valence-corrected chi connectivity index (χ1v) is 4.78. The molecular weight excluding hydrogens is 180 g/mol. The van der Waals surface area contributed by atoms with Gasteiger partial charge in [0.2, 0.25) is 5.88 Å². The number of rotatable bonds is 3. The molecule has 0 spiro atoms. The third-order valence-corrected chi connectivity index (χ3v) is 2.21. The van der Waals surface area contributed by atoms with Crippen LogP contribution in [0.15, 0.2) is 18.3 Å². The number of nitrogens with two attached hydrogens (primary N) is 1. The molecule has 1 aliphatic rings. The highest BCUT2D eigenvalue weighted by Crippen LogP contribution is 2.15. The molecule has 1 aromatic rings. The first-order chi connectivity index (χ1) is 6.88. The van der Waals surface area contributed by atoms with Crippen LogP contribution in [-0.4, -0.2) is 24.3 Å². The van der Waals surface area contributed by atoms with Crippen LogP contribution in [0.1, 0.15) is 12.0 Å². The Labute approximate surface area is 83.0 Å². The number of ether oxygens (including phenoxy) is 2. The van der Waals surface area contributed by atoms with Gasteiger partial charge in [-0.05, 0) is 11.6 Å². The van der Waals surface area contributed by atoms with Crippen LogP contribution < -0.4 is 10.5 Å². The Morgan fingerprint density at radius 2 is 2.57 bits per heavy atom. The van der Waals surface area contributed by atoms with E-state index in [9.17, 15) is 0 Å². The van der Waals surface area contributed by atoms with Gasteiger partial charge in [0.15, 0.2) is 0 Å². The van der Waals surface area contributed by atoms with E-state index in [1.165, 1.54) is 0 Å². The second kappa shape index (κ2) is 4.39. The summed E-state index contributed by atoms with van der Waals surface area (Å²) in [6.45, 7) is 1.95. The van der Waals surface area contributed by atoms with Crippen molar-refractivity contribution in [2.45, 2.75) is 19.1 Å². The summed E-state index contributed by atoms with van der Waals surface area (Å²) in [5.74, 6) is 0.642. The zero-order valence-electron chi connectivity index (χ0n) is 7.98. The van der Waals surface area contributed by atoms with Gasteiger partial charge in [-0.2, -0.15) is 0 Å². The van der Waals surface area contributed by atoms with Crippen LogP contribution in [0.5, 0.6) is 5.88 Å². The van der Waals surface area contributed by atoms with Gasteiger partial charge >= 0.3 is 0 Å². The fraction of sp³-hybridized carbons (Fsp3) is 0.500. The lowest BCUT2D eigenvalue weighted by molar-refractivity contribution is 0.138. The fourth-order valence-electron chi connectivity index (χ4n) is 1.42. The van der Waals surface area contributed by atoms with E-state index in [2.05, 4.69) is 4.98 Å². The third kappa shape index (κ3) is 2.21. The molecule has 1 saturated heterocycles. The molecule has 76 valence electrons. The average molecular weight is 194 g/mol. The second-order valence-electron chi connectivity index (χ2n) is 3.31. The van der Waals surface area contributed by atoms with Crippen molar-refractivity contribution in [2.75, 3.05) is 13.2 Å². The Morgan fingerprint density at radius 1 is 1.64 bits per heavy atom. The molecule has 14 heavy (non-hydrogen) atoms. The predicted octanol–water partition coefficient (Wildman–Crippen LogP) is 0.708. The van der Waals surface area contributed by atoms with E-state index in [-0.39, 0.29) is 6.10 Å². The van der Waals surface area contributed by atoms with E-state index in [0.717, 1.165) is 18.6 Å².